The van der Waals surface area contributed by atoms with Crippen LogP contribution in [0.3, 0.4) is 0 Å². The minimum atomic E-state index is -0.733. The zero-order valence-electron chi connectivity index (χ0n) is 7.38. The van der Waals surface area contributed by atoms with Crippen LogP contribution in [0.2, 0.25) is 0 Å². The van der Waals surface area contributed by atoms with Crippen molar-refractivity contribution in [3.8, 4) is 0 Å². The lowest BCUT2D eigenvalue weighted by molar-refractivity contribution is -0.110. The molecule has 0 bridgehead atoms. The van der Waals surface area contributed by atoms with Crippen LogP contribution < -0.4 is 16.2 Å². The molecule has 0 saturated carbocycles. The van der Waals surface area contributed by atoms with E-state index in [0.29, 0.717) is 4.47 Å². The van der Waals surface area contributed by atoms with E-state index in [1.54, 1.807) is 6.07 Å². The number of halogens is 2. The maximum Gasteiger partial charge on any atom is 0.338 e. The Hall–Kier alpha value is -1.63. The summed E-state index contributed by atoms with van der Waals surface area (Å²) in [5, 5.41) is 2.20. The first-order valence-electron chi connectivity index (χ1n) is 3.84. The van der Waals surface area contributed by atoms with Crippen molar-refractivity contribution in [2.24, 2.45) is 0 Å². The number of nitrogens with one attached hydrogen (secondary N) is 3. The van der Waals surface area contributed by atoms with E-state index in [0.717, 1.165) is 0 Å². The van der Waals surface area contributed by atoms with Crippen molar-refractivity contribution >= 4 is 34.1 Å². The van der Waals surface area contributed by atoms with Gasteiger partial charge in [0.1, 0.15) is 5.82 Å². The molecular weight excluding hydrogens is 269 g/mol. The molecule has 1 aromatic rings. The van der Waals surface area contributed by atoms with Crippen LogP contribution in [0.4, 0.5) is 14.9 Å². The first-order chi connectivity index (χ1) is 7.13. The van der Waals surface area contributed by atoms with Crippen LogP contribution in [0.5, 0.6) is 0 Å². The molecule has 0 aliphatic rings. The van der Waals surface area contributed by atoms with E-state index in [1.165, 1.54) is 12.1 Å². The highest BCUT2D eigenvalue weighted by molar-refractivity contribution is 9.10. The third-order valence-corrected chi connectivity index (χ3v) is 1.92. The van der Waals surface area contributed by atoms with Crippen molar-refractivity contribution in [2.45, 2.75) is 0 Å². The molecule has 15 heavy (non-hydrogen) atoms. The Kier molecular flexibility index (Phi) is 4.04. The van der Waals surface area contributed by atoms with E-state index in [-0.39, 0.29) is 12.1 Å². The summed E-state index contributed by atoms with van der Waals surface area (Å²) in [6.45, 7) is 0. The van der Waals surface area contributed by atoms with Gasteiger partial charge in [0.2, 0.25) is 6.41 Å². The highest BCUT2D eigenvalue weighted by atomic mass is 79.9. The number of amides is 3. The van der Waals surface area contributed by atoms with Crippen LogP contribution in [-0.4, -0.2) is 12.4 Å². The Bertz CT molecular complexity index is 386. The van der Waals surface area contributed by atoms with Crippen molar-refractivity contribution in [3.63, 3.8) is 0 Å². The fraction of sp³-hybridized carbons (Fsp3) is 0. The number of anilines is 1. The molecule has 0 fully saturated rings. The molecular formula is C8H7BrFN3O2. The normalized spacial score (nSPS) is 9.20. The molecule has 5 nitrogen and oxygen atoms in total. The molecule has 0 atom stereocenters. The number of carbonyl (C=O) groups is 2. The second-order valence-electron chi connectivity index (χ2n) is 2.47. The van der Waals surface area contributed by atoms with Crippen molar-refractivity contribution in [3.05, 3.63) is 28.5 Å². The molecule has 7 heteroatoms. The first kappa shape index (κ1) is 11.4. The third-order valence-electron chi connectivity index (χ3n) is 1.42. The predicted molar refractivity (Wildman–Crippen MR) is 55.5 cm³/mol. The zero-order chi connectivity index (χ0) is 11.3. The minimum absolute atomic E-state index is 0.0170. The summed E-state index contributed by atoms with van der Waals surface area (Å²) >= 11 is 3.08. The van der Waals surface area contributed by atoms with Crippen molar-refractivity contribution in [2.75, 3.05) is 5.32 Å². The summed E-state index contributed by atoms with van der Waals surface area (Å²) in [5.41, 5.74) is 3.92. The second-order valence-corrected chi connectivity index (χ2v) is 3.38. The zero-order valence-corrected chi connectivity index (χ0v) is 8.97. The van der Waals surface area contributed by atoms with Crippen molar-refractivity contribution in [1.29, 1.82) is 0 Å². The standard InChI is InChI=1S/C8H7BrFN3O2/c9-5-1-2-7(6(10)3-5)12-8(15)13-11-4-14/h1-4H,(H,11,14)(H2,12,13,15). The van der Waals surface area contributed by atoms with Gasteiger partial charge in [-0.05, 0) is 18.2 Å². The van der Waals surface area contributed by atoms with Crippen LogP contribution in [0.15, 0.2) is 22.7 Å². The fourth-order valence-electron chi connectivity index (χ4n) is 0.839. The molecule has 80 valence electrons. The Balaban J connectivity index is 2.64. The van der Waals surface area contributed by atoms with E-state index in [9.17, 15) is 14.0 Å². The number of hydrogen-bond donors (Lipinski definition) is 3. The molecule has 0 aliphatic carbocycles. The van der Waals surface area contributed by atoms with Crippen LogP contribution in [0.1, 0.15) is 0 Å². The van der Waals surface area contributed by atoms with Gasteiger partial charge < -0.3 is 5.32 Å². The molecule has 1 rings (SSSR count). The quantitative estimate of drug-likeness (QED) is 0.576. The highest BCUT2D eigenvalue weighted by Crippen LogP contribution is 2.18. The molecule has 0 unspecified atom stereocenters. The number of hydrogen-bond acceptors (Lipinski definition) is 2. The van der Waals surface area contributed by atoms with Gasteiger partial charge in [0, 0.05) is 4.47 Å². The number of rotatable bonds is 3. The Morgan fingerprint density at radius 2 is 2.20 bits per heavy atom. The van der Waals surface area contributed by atoms with Crippen LogP contribution in [0.25, 0.3) is 0 Å². The SMILES string of the molecule is O=CNNC(=O)Nc1ccc(Br)cc1F. The summed E-state index contributed by atoms with van der Waals surface area (Å²) in [7, 11) is 0. The van der Waals surface area contributed by atoms with Gasteiger partial charge in [-0.1, -0.05) is 15.9 Å². The van der Waals surface area contributed by atoms with E-state index in [4.69, 9.17) is 0 Å². The third kappa shape index (κ3) is 3.55. The average molecular weight is 276 g/mol. The monoisotopic (exact) mass is 275 g/mol. The van der Waals surface area contributed by atoms with Crippen LogP contribution in [0, 0.1) is 5.82 Å². The van der Waals surface area contributed by atoms with Gasteiger partial charge >= 0.3 is 6.03 Å². The summed E-state index contributed by atoms with van der Waals surface area (Å²) < 4.78 is 13.7. The molecule has 0 aromatic heterocycles. The molecule has 0 radical (unpaired) electrons. The van der Waals surface area contributed by atoms with Gasteiger partial charge in [0.05, 0.1) is 5.69 Å². The number of hydrazine groups is 1. The highest BCUT2D eigenvalue weighted by Gasteiger charge is 2.05. The summed E-state index contributed by atoms with van der Waals surface area (Å²) in [5.74, 6) is -0.578. The summed E-state index contributed by atoms with van der Waals surface area (Å²) in [6.07, 6.45) is 0.289. The van der Waals surface area contributed by atoms with Gasteiger partial charge in [-0.3, -0.25) is 10.2 Å². The Labute approximate surface area is 93.1 Å². The lowest BCUT2D eigenvalue weighted by atomic mass is 10.3. The summed E-state index contributed by atoms with van der Waals surface area (Å²) in [6, 6.07) is 3.44. The topological polar surface area (TPSA) is 70.2 Å². The Morgan fingerprint density at radius 3 is 2.80 bits per heavy atom. The van der Waals surface area contributed by atoms with Crippen LogP contribution >= 0.6 is 15.9 Å². The van der Waals surface area contributed by atoms with Crippen molar-refractivity contribution in [1.82, 2.24) is 10.9 Å². The average Bonchev–Trinajstić information content (AvgIpc) is 2.19. The van der Waals surface area contributed by atoms with Gasteiger partial charge in [-0.25, -0.2) is 14.6 Å². The first-order valence-corrected chi connectivity index (χ1v) is 4.64. The summed E-state index contributed by atoms with van der Waals surface area (Å²) in [4.78, 5) is 20.8. The lowest BCUT2D eigenvalue weighted by Crippen LogP contribution is -2.39. The fourth-order valence-corrected chi connectivity index (χ4v) is 1.17. The minimum Gasteiger partial charge on any atom is -0.304 e. The molecule has 0 saturated heterocycles. The molecule has 3 N–H and O–H groups in total. The lowest BCUT2D eigenvalue weighted by Gasteiger charge is -2.06. The molecule has 0 aliphatic heterocycles. The van der Waals surface area contributed by atoms with E-state index < -0.39 is 11.8 Å². The molecule has 1 aromatic carbocycles. The maximum absolute atomic E-state index is 13.2. The van der Waals surface area contributed by atoms with E-state index >= 15 is 0 Å². The van der Waals surface area contributed by atoms with Crippen LogP contribution in [-0.2, 0) is 4.79 Å². The Morgan fingerprint density at radius 1 is 1.47 bits per heavy atom. The number of benzene rings is 1. The number of carbonyl (C=O) groups excluding carboxylic acids is 2. The largest absolute Gasteiger partial charge is 0.338 e. The second kappa shape index (κ2) is 5.30. The number of urea groups is 1. The van der Waals surface area contributed by atoms with Gasteiger partial charge in [0.15, 0.2) is 0 Å². The van der Waals surface area contributed by atoms with Gasteiger partial charge in [-0.2, -0.15) is 0 Å². The molecule has 0 heterocycles. The van der Waals surface area contributed by atoms with Gasteiger partial charge in [-0.15, -0.1) is 0 Å². The van der Waals surface area contributed by atoms with Crippen molar-refractivity contribution < 1.29 is 14.0 Å². The van der Waals surface area contributed by atoms with Gasteiger partial charge in [0.25, 0.3) is 0 Å². The smallest absolute Gasteiger partial charge is 0.304 e. The predicted octanol–water partition coefficient (Wildman–Crippen LogP) is 1.37. The van der Waals surface area contributed by atoms with E-state index in [2.05, 4.69) is 21.2 Å². The molecule has 3 amide bonds. The maximum atomic E-state index is 13.2. The molecule has 0 spiro atoms. The van der Waals surface area contributed by atoms with E-state index in [1.807, 2.05) is 10.9 Å².